The van der Waals surface area contributed by atoms with Crippen LogP contribution in [-0.2, 0) is 11.2 Å². The van der Waals surface area contributed by atoms with Crippen LogP contribution in [0.1, 0.15) is 31.7 Å². The fourth-order valence-electron chi connectivity index (χ4n) is 3.42. The van der Waals surface area contributed by atoms with E-state index in [9.17, 15) is 4.79 Å². The summed E-state index contributed by atoms with van der Waals surface area (Å²) in [5.41, 5.74) is 1.42. The molecule has 0 N–H and O–H groups in total. The second kappa shape index (κ2) is 9.41. The van der Waals surface area contributed by atoms with Crippen LogP contribution < -0.4 is 4.74 Å². The van der Waals surface area contributed by atoms with E-state index in [-0.39, 0.29) is 5.91 Å². The van der Waals surface area contributed by atoms with Gasteiger partial charge in [-0.15, -0.1) is 0 Å². The number of hydrogen-bond acceptors (Lipinski definition) is 2. The van der Waals surface area contributed by atoms with Gasteiger partial charge in [0.25, 0.3) is 0 Å². The molecule has 28 heavy (non-hydrogen) atoms. The minimum Gasteiger partial charge on any atom is -0.492 e. The van der Waals surface area contributed by atoms with E-state index in [1.807, 2.05) is 6.07 Å². The highest BCUT2D eigenvalue weighted by atomic mass is 16.5. The first-order valence-electron chi connectivity index (χ1n) is 10.1. The summed E-state index contributed by atoms with van der Waals surface area (Å²) < 4.78 is 5.84. The average molecular weight is 376 g/mol. The number of benzene rings is 3. The van der Waals surface area contributed by atoms with E-state index in [1.165, 1.54) is 52.4 Å². The number of ether oxygens (including phenoxy) is 1. The van der Waals surface area contributed by atoms with Crippen molar-refractivity contribution in [3.8, 4) is 5.75 Å². The SMILES string of the molecule is C=CC(=O)N(C)CCOc1ccc2cc3cc(CCCCC)ccc3cc2c1. The van der Waals surface area contributed by atoms with Crippen LogP contribution in [0.15, 0.2) is 61.2 Å². The van der Waals surface area contributed by atoms with Crippen LogP contribution in [0.25, 0.3) is 21.5 Å². The van der Waals surface area contributed by atoms with Gasteiger partial charge in [-0.25, -0.2) is 0 Å². The van der Waals surface area contributed by atoms with Crippen molar-refractivity contribution in [2.24, 2.45) is 0 Å². The van der Waals surface area contributed by atoms with Gasteiger partial charge in [0.05, 0.1) is 6.54 Å². The van der Waals surface area contributed by atoms with E-state index in [2.05, 4.69) is 56.0 Å². The van der Waals surface area contributed by atoms with Crippen molar-refractivity contribution in [1.29, 1.82) is 0 Å². The molecule has 146 valence electrons. The highest BCUT2D eigenvalue weighted by molar-refractivity contribution is 5.98. The number of unbranched alkanes of at least 4 members (excludes halogenated alkanes) is 2. The van der Waals surface area contributed by atoms with Gasteiger partial charge in [0.15, 0.2) is 0 Å². The van der Waals surface area contributed by atoms with Gasteiger partial charge in [0.2, 0.25) is 5.91 Å². The topological polar surface area (TPSA) is 29.5 Å². The summed E-state index contributed by atoms with van der Waals surface area (Å²) in [6, 6.07) is 17.4. The monoisotopic (exact) mass is 375 g/mol. The smallest absolute Gasteiger partial charge is 0.245 e. The highest BCUT2D eigenvalue weighted by Crippen LogP contribution is 2.27. The lowest BCUT2D eigenvalue weighted by Gasteiger charge is -2.15. The molecular formula is C25H29NO2. The van der Waals surface area contributed by atoms with Crippen LogP contribution in [0.2, 0.25) is 0 Å². The molecule has 0 saturated heterocycles. The maximum absolute atomic E-state index is 11.5. The van der Waals surface area contributed by atoms with Crippen LogP contribution in [0.4, 0.5) is 0 Å². The number of carbonyl (C=O) groups excluding carboxylic acids is 1. The normalized spacial score (nSPS) is 10.9. The largest absolute Gasteiger partial charge is 0.492 e. The molecule has 0 aliphatic carbocycles. The average Bonchev–Trinajstić information content (AvgIpc) is 2.71. The molecule has 0 saturated carbocycles. The maximum atomic E-state index is 11.5. The maximum Gasteiger partial charge on any atom is 0.245 e. The fraction of sp³-hybridized carbons (Fsp3) is 0.320. The Morgan fingerprint density at radius 3 is 2.43 bits per heavy atom. The molecule has 0 radical (unpaired) electrons. The molecule has 0 fully saturated rings. The summed E-state index contributed by atoms with van der Waals surface area (Å²) in [6.07, 6.45) is 6.26. The number of aryl methyl sites for hydroxylation is 1. The molecule has 3 heteroatoms. The molecular weight excluding hydrogens is 346 g/mol. The van der Waals surface area contributed by atoms with Gasteiger partial charge in [-0.05, 0) is 70.3 Å². The Bertz CT molecular complexity index is 977. The van der Waals surface area contributed by atoms with Crippen LogP contribution >= 0.6 is 0 Å². The summed E-state index contributed by atoms with van der Waals surface area (Å²) in [5.74, 6) is 0.727. The first kappa shape index (κ1) is 19.9. The molecule has 0 aliphatic heterocycles. The van der Waals surface area contributed by atoms with E-state index >= 15 is 0 Å². The highest BCUT2D eigenvalue weighted by Gasteiger charge is 2.05. The molecule has 3 aromatic rings. The Kier molecular flexibility index (Phi) is 6.70. The minimum absolute atomic E-state index is 0.0948. The van der Waals surface area contributed by atoms with Crippen LogP contribution in [-0.4, -0.2) is 31.0 Å². The zero-order valence-electron chi connectivity index (χ0n) is 16.9. The summed E-state index contributed by atoms with van der Waals surface area (Å²) in [6.45, 7) is 6.72. The van der Waals surface area contributed by atoms with Crippen molar-refractivity contribution >= 4 is 27.5 Å². The van der Waals surface area contributed by atoms with Gasteiger partial charge in [-0.1, -0.05) is 50.6 Å². The Balaban J connectivity index is 1.73. The number of hydrogen-bond donors (Lipinski definition) is 0. The molecule has 3 nitrogen and oxygen atoms in total. The number of fused-ring (bicyclic) bond motifs is 2. The second-order valence-electron chi connectivity index (χ2n) is 7.31. The van der Waals surface area contributed by atoms with Crippen molar-refractivity contribution in [2.75, 3.05) is 20.2 Å². The quantitative estimate of drug-likeness (QED) is 0.271. The van der Waals surface area contributed by atoms with Gasteiger partial charge in [-0.3, -0.25) is 4.79 Å². The van der Waals surface area contributed by atoms with Crippen LogP contribution in [0.3, 0.4) is 0 Å². The molecule has 0 bridgehead atoms. The van der Waals surface area contributed by atoms with E-state index in [4.69, 9.17) is 4.74 Å². The third kappa shape index (κ3) is 4.92. The lowest BCUT2D eigenvalue weighted by Crippen LogP contribution is -2.29. The Labute approximate surface area is 167 Å². The molecule has 0 unspecified atom stereocenters. The van der Waals surface area contributed by atoms with Crippen molar-refractivity contribution in [3.63, 3.8) is 0 Å². The standard InChI is InChI=1S/C25H29NO2/c1-4-6-7-8-19-9-10-20-17-23-18-24(12-11-21(23)16-22(20)15-19)28-14-13-26(3)25(27)5-2/h5,9-12,15-18H,2,4,6-8,13-14H2,1,3H3. The second-order valence-corrected chi connectivity index (χ2v) is 7.31. The summed E-state index contributed by atoms with van der Waals surface area (Å²) >= 11 is 0. The van der Waals surface area contributed by atoms with Crippen LogP contribution in [0, 0.1) is 0 Å². The van der Waals surface area contributed by atoms with E-state index in [0.717, 1.165) is 12.2 Å². The first-order valence-corrected chi connectivity index (χ1v) is 10.1. The fourth-order valence-corrected chi connectivity index (χ4v) is 3.42. The minimum atomic E-state index is -0.0948. The number of rotatable bonds is 9. The molecule has 1 amide bonds. The number of likely N-dealkylation sites (N-methyl/N-ethyl adjacent to an activating group) is 1. The molecule has 0 aliphatic rings. The third-order valence-electron chi connectivity index (χ3n) is 5.15. The van der Waals surface area contributed by atoms with Gasteiger partial charge in [-0.2, -0.15) is 0 Å². The van der Waals surface area contributed by atoms with E-state index in [0.29, 0.717) is 13.2 Å². The van der Waals surface area contributed by atoms with E-state index in [1.54, 1.807) is 11.9 Å². The molecule has 0 spiro atoms. The third-order valence-corrected chi connectivity index (χ3v) is 5.15. The molecule has 3 aromatic carbocycles. The molecule has 0 atom stereocenters. The molecule has 3 rings (SSSR count). The Hall–Kier alpha value is -2.81. The predicted octanol–water partition coefficient (Wildman–Crippen LogP) is 5.75. The Morgan fingerprint density at radius 2 is 1.71 bits per heavy atom. The zero-order valence-corrected chi connectivity index (χ0v) is 16.9. The van der Waals surface area contributed by atoms with Crippen molar-refractivity contribution in [1.82, 2.24) is 4.90 Å². The van der Waals surface area contributed by atoms with Gasteiger partial charge in [0.1, 0.15) is 12.4 Å². The summed E-state index contributed by atoms with van der Waals surface area (Å²) in [5, 5.41) is 4.92. The number of carbonyl (C=O) groups is 1. The lowest BCUT2D eigenvalue weighted by atomic mass is 9.99. The van der Waals surface area contributed by atoms with Gasteiger partial charge in [0, 0.05) is 7.05 Å². The van der Waals surface area contributed by atoms with Crippen molar-refractivity contribution < 1.29 is 9.53 Å². The van der Waals surface area contributed by atoms with E-state index < -0.39 is 0 Å². The first-order chi connectivity index (χ1) is 13.6. The summed E-state index contributed by atoms with van der Waals surface area (Å²) in [4.78, 5) is 13.1. The van der Waals surface area contributed by atoms with Crippen LogP contribution in [0.5, 0.6) is 5.75 Å². The lowest BCUT2D eigenvalue weighted by molar-refractivity contribution is -0.125. The van der Waals surface area contributed by atoms with Crippen molar-refractivity contribution in [2.45, 2.75) is 32.6 Å². The van der Waals surface area contributed by atoms with Crippen molar-refractivity contribution in [3.05, 3.63) is 66.7 Å². The van der Waals surface area contributed by atoms with Gasteiger partial charge >= 0.3 is 0 Å². The number of amides is 1. The number of nitrogens with zero attached hydrogens (tertiary/aromatic N) is 1. The Morgan fingerprint density at radius 1 is 1.00 bits per heavy atom. The predicted molar refractivity (Wildman–Crippen MR) is 118 cm³/mol. The molecule has 0 heterocycles. The summed E-state index contributed by atoms with van der Waals surface area (Å²) in [7, 11) is 1.75. The zero-order chi connectivity index (χ0) is 19.9. The van der Waals surface area contributed by atoms with Gasteiger partial charge < -0.3 is 9.64 Å². The molecule has 0 aromatic heterocycles.